The van der Waals surface area contributed by atoms with E-state index in [1.807, 2.05) is 0 Å². The van der Waals surface area contributed by atoms with E-state index in [1.54, 1.807) is 19.1 Å². The zero-order valence-electron chi connectivity index (χ0n) is 14.0. The Bertz CT molecular complexity index is 884. The molecule has 0 heterocycles. The maximum atomic E-state index is 13.6. The fourth-order valence-electron chi connectivity index (χ4n) is 2.20. The van der Waals surface area contributed by atoms with Gasteiger partial charge >= 0.3 is 0 Å². The quantitative estimate of drug-likeness (QED) is 0.822. The first kappa shape index (κ1) is 18.9. The van der Waals surface area contributed by atoms with Gasteiger partial charge in [0.25, 0.3) is 0 Å². The van der Waals surface area contributed by atoms with Crippen LogP contribution in [0, 0.1) is 12.7 Å². The number of carbonyl (C=O) groups is 1. The lowest BCUT2D eigenvalue weighted by Gasteiger charge is -2.16. The maximum absolute atomic E-state index is 13.6. The summed E-state index contributed by atoms with van der Waals surface area (Å²) in [6, 6.07) is 9.05. The summed E-state index contributed by atoms with van der Waals surface area (Å²) in [6.45, 7) is 3.01. The van der Waals surface area contributed by atoms with Crippen LogP contribution in [0.2, 0.25) is 0 Å². The third-order valence-electron chi connectivity index (χ3n) is 3.53. The molecule has 0 saturated carbocycles. The summed E-state index contributed by atoms with van der Waals surface area (Å²) in [4.78, 5) is 12.2. The molecule has 1 atom stereocenters. The van der Waals surface area contributed by atoms with E-state index in [4.69, 9.17) is 4.74 Å². The Morgan fingerprint density at radius 1 is 1.20 bits per heavy atom. The van der Waals surface area contributed by atoms with E-state index in [9.17, 15) is 17.6 Å². The van der Waals surface area contributed by atoms with Gasteiger partial charge in [-0.25, -0.2) is 12.8 Å². The number of anilines is 1. The zero-order valence-corrected chi connectivity index (χ0v) is 14.9. The van der Waals surface area contributed by atoms with Crippen molar-refractivity contribution in [2.45, 2.75) is 24.8 Å². The predicted molar refractivity (Wildman–Crippen MR) is 92.5 cm³/mol. The molecule has 8 heteroatoms. The van der Waals surface area contributed by atoms with Gasteiger partial charge in [0.1, 0.15) is 11.6 Å². The van der Waals surface area contributed by atoms with Crippen molar-refractivity contribution in [3.63, 3.8) is 0 Å². The third-order valence-corrected chi connectivity index (χ3v) is 5.23. The number of amides is 1. The average molecular weight is 366 g/mol. The molecule has 6 nitrogen and oxygen atoms in total. The van der Waals surface area contributed by atoms with Crippen LogP contribution in [0.5, 0.6) is 5.75 Å². The number of hydrogen-bond acceptors (Lipinski definition) is 4. The van der Waals surface area contributed by atoms with Crippen LogP contribution in [0.15, 0.2) is 47.4 Å². The molecule has 0 spiro atoms. The highest BCUT2D eigenvalue weighted by Crippen LogP contribution is 2.21. The number of methoxy groups -OCH3 is 1. The van der Waals surface area contributed by atoms with Gasteiger partial charge in [-0.1, -0.05) is 12.1 Å². The number of benzene rings is 2. The van der Waals surface area contributed by atoms with E-state index in [-0.39, 0.29) is 10.6 Å². The lowest BCUT2D eigenvalue weighted by Crippen LogP contribution is -2.41. The Labute approximate surface area is 146 Å². The molecule has 25 heavy (non-hydrogen) atoms. The number of hydrogen-bond donors (Lipinski definition) is 2. The predicted octanol–water partition coefficient (Wildman–Crippen LogP) is 2.45. The van der Waals surface area contributed by atoms with Crippen molar-refractivity contribution in [1.29, 1.82) is 0 Å². The zero-order chi connectivity index (χ0) is 18.6. The molecule has 2 rings (SSSR count). The summed E-state index contributed by atoms with van der Waals surface area (Å²) >= 11 is 0. The summed E-state index contributed by atoms with van der Waals surface area (Å²) < 4.78 is 45.9. The molecule has 0 aliphatic carbocycles. The number of sulfonamides is 1. The molecule has 2 N–H and O–H groups in total. The Balaban J connectivity index is 2.14. The van der Waals surface area contributed by atoms with Crippen molar-refractivity contribution >= 4 is 21.6 Å². The van der Waals surface area contributed by atoms with Crippen molar-refractivity contribution in [2.24, 2.45) is 0 Å². The molecular weight excluding hydrogens is 347 g/mol. The fourth-order valence-corrected chi connectivity index (χ4v) is 3.63. The minimum atomic E-state index is -3.92. The van der Waals surface area contributed by atoms with Gasteiger partial charge in [-0.15, -0.1) is 0 Å². The minimum Gasteiger partial charge on any atom is -0.497 e. The topological polar surface area (TPSA) is 84.5 Å². The lowest BCUT2D eigenvalue weighted by molar-refractivity contribution is -0.117. The average Bonchev–Trinajstić information content (AvgIpc) is 2.56. The maximum Gasteiger partial charge on any atom is 0.242 e. The molecule has 0 aromatic heterocycles. The molecule has 1 amide bonds. The molecular formula is C17H19FN2O4S. The summed E-state index contributed by atoms with van der Waals surface area (Å²) in [5.41, 5.74) is 0.465. The Morgan fingerprint density at radius 2 is 1.88 bits per heavy atom. The highest BCUT2D eigenvalue weighted by Gasteiger charge is 2.24. The molecule has 0 bridgehead atoms. The second-order valence-electron chi connectivity index (χ2n) is 5.44. The van der Waals surface area contributed by atoms with Gasteiger partial charge in [-0.2, -0.15) is 4.72 Å². The van der Waals surface area contributed by atoms with E-state index in [0.717, 1.165) is 0 Å². The second-order valence-corrected chi connectivity index (χ2v) is 7.13. The number of para-hydroxylation sites is 1. The molecule has 1 unspecified atom stereocenters. The Hall–Kier alpha value is -2.45. The van der Waals surface area contributed by atoms with Crippen molar-refractivity contribution in [3.05, 3.63) is 53.8 Å². The lowest BCUT2D eigenvalue weighted by atomic mass is 10.2. The van der Waals surface area contributed by atoms with Gasteiger partial charge in [-0.05, 0) is 49.7 Å². The van der Waals surface area contributed by atoms with Crippen LogP contribution in [-0.4, -0.2) is 27.5 Å². The number of aryl methyl sites for hydroxylation is 1. The van der Waals surface area contributed by atoms with Crippen molar-refractivity contribution < 1.29 is 22.3 Å². The van der Waals surface area contributed by atoms with Gasteiger partial charge < -0.3 is 10.1 Å². The van der Waals surface area contributed by atoms with Crippen LogP contribution in [0.25, 0.3) is 0 Å². The first-order valence-electron chi connectivity index (χ1n) is 7.47. The summed E-state index contributed by atoms with van der Waals surface area (Å²) in [7, 11) is -2.44. The first-order valence-corrected chi connectivity index (χ1v) is 8.95. The molecule has 0 aliphatic rings. The van der Waals surface area contributed by atoms with E-state index in [1.165, 1.54) is 44.4 Å². The Kier molecular flexibility index (Phi) is 5.76. The summed E-state index contributed by atoms with van der Waals surface area (Å²) in [5, 5.41) is 2.36. The number of ether oxygens (including phenoxy) is 1. The minimum absolute atomic E-state index is 0.0147. The number of carbonyl (C=O) groups excluding carboxylic acids is 1. The Morgan fingerprint density at radius 3 is 2.48 bits per heavy atom. The number of nitrogens with one attached hydrogen (secondary N) is 2. The summed E-state index contributed by atoms with van der Waals surface area (Å²) in [6.07, 6.45) is 0. The third kappa shape index (κ3) is 4.55. The standard InChI is InChI=1S/C17H19FN2O4S/c1-11-10-13(24-3)8-9-16(11)25(22,23)20-12(2)17(21)19-15-7-5-4-6-14(15)18/h4-10,12,20H,1-3H3,(H,19,21). The van der Waals surface area contributed by atoms with Crippen LogP contribution in [-0.2, 0) is 14.8 Å². The van der Waals surface area contributed by atoms with Crippen LogP contribution in [0.1, 0.15) is 12.5 Å². The van der Waals surface area contributed by atoms with Gasteiger partial charge in [0.15, 0.2) is 0 Å². The van der Waals surface area contributed by atoms with Gasteiger partial charge in [0, 0.05) is 0 Å². The van der Waals surface area contributed by atoms with Crippen LogP contribution in [0.4, 0.5) is 10.1 Å². The van der Waals surface area contributed by atoms with E-state index >= 15 is 0 Å². The van der Waals surface area contributed by atoms with Crippen molar-refractivity contribution in [3.8, 4) is 5.75 Å². The molecule has 0 aliphatic heterocycles. The number of halogens is 1. The highest BCUT2D eigenvalue weighted by molar-refractivity contribution is 7.89. The largest absolute Gasteiger partial charge is 0.497 e. The van der Waals surface area contributed by atoms with Crippen LogP contribution in [0.3, 0.4) is 0 Å². The van der Waals surface area contributed by atoms with E-state index in [2.05, 4.69) is 10.0 Å². The molecule has 2 aromatic rings. The van der Waals surface area contributed by atoms with E-state index in [0.29, 0.717) is 11.3 Å². The fraction of sp³-hybridized carbons (Fsp3) is 0.235. The van der Waals surface area contributed by atoms with Gasteiger partial charge in [-0.3, -0.25) is 4.79 Å². The van der Waals surface area contributed by atoms with Gasteiger partial charge in [0.05, 0.1) is 23.7 Å². The number of rotatable bonds is 6. The normalized spacial score (nSPS) is 12.5. The van der Waals surface area contributed by atoms with Crippen molar-refractivity contribution in [2.75, 3.05) is 12.4 Å². The monoisotopic (exact) mass is 366 g/mol. The van der Waals surface area contributed by atoms with Crippen LogP contribution >= 0.6 is 0 Å². The highest BCUT2D eigenvalue weighted by atomic mass is 32.2. The summed E-state index contributed by atoms with van der Waals surface area (Å²) in [5.74, 6) is -0.737. The molecule has 134 valence electrons. The van der Waals surface area contributed by atoms with E-state index < -0.39 is 27.8 Å². The van der Waals surface area contributed by atoms with Gasteiger partial charge in [0.2, 0.25) is 15.9 Å². The van der Waals surface area contributed by atoms with Crippen LogP contribution < -0.4 is 14.8 Å². The molecule has 0 fully saturated rings. The smallest absolute Gasteiger partial charge is 0.242 e. The van der Waals surface area contributed by atoms with Crippen molar-refractivity contribution in [1.82, 2.24) is 4.72 Å². The molecule has 0 radical (unpaired) electrons. The first-order chi connectivity index (χ1) is 11.7. The SMILES string of the molecule is COc1ccc(S(=O)(=O)NC(C)C(=O)Nc2ccccc2F)c(C)c1. The second kappa shape index (κ2) is 7.62. The molecule has 2 aromatic carbocycles. The molecule has 0 saturated heterocycles.